The number of amides is 1. The van der Waals surface area contributed by atoms with Gasteiger partial charge in [-0.2, -0.15) is 0 Å². The van der Waals surface area contributed by atoms with Gasteiger partial charge in [-0.25, -0.2) is 0 Å². The minimum absolute atomic E-state index is 0.128. The molecule has 0 unspecified atom stereocenters. The van der Waals surface area contributed by atoms with Crippen molar-refractivity contribution < 1.29 is 13.7 Å². The largest absolute Gasteiger partial charge is 0.463 e. The van der Waals surface area contributed by atoms with E-state index in [4.69, 9.17) is 20.5 Å². The summed E-state index contributed by atoms with van der Waals surface area (Å²) in [4.78, 5) is 10.9. The SMILES string of the molecule is O=C(CCl)Nc1cc(-c2ccco2)no1. The second kappa shape index (κ2) is 4.18. The Morgan fingerprint density at radius 1 is 1.60 bits per heavy atom. The number of aromatic nitrogens is 1. The Hall–Kier alpha value is -1.75. The summed E-state index contributed by atoms with van der Waals surface area (Å²) in [5.74, 6) is 0.340. The van der Waals surface area contributed by atoms with E-state index in [1.165, 1.54) is 6.26 Å². The molecule has 0 radical (unpaired) electrons. The highest BCUT2D eigenvalue weighted by molar-refractivity contribution is 6.28. The highest BCUT2D eigenvalue weighted by Gasteiger charge is 2.10. The molecular formula is C9H7ClN2O3. The van der Waals surface area contributed by atoms with E-state index in [0.717, 1.165) is 0 Å². The molecule has 0 spiro atoms. The number of furan rings is 1. The van der Waals surface area contributed by atoms with Crippen LogP contribution >= 0.6 is 11.6 Å². The van der Waals surface area contributed by atoms with Crippen LogP contribution < -0.4 is 5.32 Å². The van der Waals surface area contributed by atoms with Crippen LogP contribution in [0.5, 0.6) is 0 Å². The first kappa shape index (κ1) is 9.79. The molecule has 0 aliphatic carbocycles. The first-order chi connectivity index (χ1) is 7.29. The molecule has 5 nitrogen and oxygen atoms in total. The molecule has 1 amide bonds. The van der Waals surface area contributed by atoms with Crippen LogP contribution in [0.15, 0.2) is 33.4 Å². The number of anilines is 1. The van der Waals surface area contributed by atoms with E-state index < -0.39 is 0 Å². The smallest absolute Gasteiger partial charge is 0.241 e. The van der Waals surface area contributed by atoms with E-state index in [1.54, 1.807) is 18.2 Å². The topological polar surface area (TPSA) is 68.3 Å². The van der Waals surface area contributed by atoms with Crippen molar-refractivity contribution in [1.29, 1.82) is 0 Å². The molecule has 1 N–H and O–H groups in total. The number of carbonyl (C=O) groups is 1. The average Bonchev–Trinajstić information content (AvgIpc) is 2.85. The van der Waals surface area contributed by atoms with E-state index in [-0.39, 0.29) is 17.7 Å². The van der Waals surface area contributed by atoms with Crippen LogP contribution in [0.4, 0.5) is 5.88 Å². The molecule has 15 heavy (non-hydrogen) atoms. The number of halogens is 1. The Morgan fingerprint density at radius 3 is 3.13 bits per heavy atom. The lowest BCUT2D eigenvalue weighted by molar-refractivity contribution is -0.114. The lowest BCUT2D eigenvalue weighted by Crippen LogP contribution is -2.11. The quantitative estimate of drug-likeness (QED) is 0.814. The zero-order chi connectivity index (χ0) is 10.7. The van der Waals surface area contributed by atoms with Crippen molar-refractivity contribution in [2.75, 3.05) is 11.2 Å². The Labute approximate surface area is 90.0 Å². The minimum Gasteiger partial charge on any atom is -0.463 e. The maximum absolute atomic E-state index is 10.9. The second-order valence-electron chi connectivity index (χ2n) is 2.74. The van der Waals surface area contributed by atoms with E-state index in [2.05, 4.69) is 10.5 Å². The minimum atomic E-state index is -0.348. The molecule has 0 atom stereocenters. The summed E-state index contributed by atoms with van der Waals surface area (Å²) in [5, 5.41) is 6.15. The molecule has 6 heteroatoms. The first-order valence-electron chi connectivity index (χ1n) is 4.16. The number of hydrogen-bond donors (Lipinski definition) is 1. The van der Waals surface area contributed by atoms with Crippen LogP contribution in [0.1, 0.15) is 0 Å². The summed E-state index contributed by atoms with van der Waals surface area (Å²) in [6.07, 6.45) is 1.53. The molecule has 0 aliphatic heterocycles. The Morgan fingerprint density at radius 2 is 2.47 bits per heavy atom. The predicted octanol–water partition coefficient (Wildman–Crippen LogP) is 2.11. The van der Waals surface area contributed by atoms with Crippen molar-refractivity contribution >= 4 is 23.4 Å². The normalized spacial score (nSPS) is 10.2. The summed E-state index contributed by atoms with van der Waals surface area (Å²) in [7, 11) is 0. The van der Waals surface area contributed by atoms with Crippen molar-refractivity contribution in [2.45, 2.75) is 0 Å². The summed E-state index contributed by atoms with van der Waals surface area (Å²) in [6.45, 7) is 0. The number of carbonyl (C=O) groups excluding carboxylic acids is 1. The van der Waals surface area contributed by atoms with Gasteiger partial charge in [0.1, 0.15) is 5.88 Å². The van der Waals surface area contributed by atoms with Gasteiger partial charge in [-0.3, -0.25) is 10.1 Å². The molecule has 2 aromatic heterocycles. The number of nitrogens with zero attached hydrogens (tertiary/aromatic N) is 1. The fraction of sp³-hybridized carbons (Fsp3) is 0.111. The molecule has 0 bridgehead atoms. The molecule has 2 rings (SSSR count). The highest BCUT2D eigenvalue weighted by atomic mass is 35.5. The van der Waals surface area contributed by atoms with Crippen molar-refractivity contribution in [3.63, 3.8) is 0 Å². The van der Waals surface area contributed by atoms with Crippen LogP contribution in [0.3, 0.4) is 0 Å². The highest BCUT2D eigenvalue weighted by Crippen LogP contribution is 2.21. The van der Waals surface area contributed by atoms with Crippen LogP contribution in [0, 0.1) is 0 Å². The number of rotatable bonds is 3. The molecule has 0 saturated carbocycles. The van der Waals surface area contributed by atoms with Crippen LogP contribution in [-0.2, 0) is 4.79 Å². The third-order valence-electron chi connectivity index (χ3n) is 1.67. The summed E-state index contributed by atoms with van der Waals surface area (Å²) in [6, 6.07) is 5.04. The maximum atomic E-state index is 10.9. The van der Waals surface area contributed by atoms with E-state index in [0.29, 0.717) is 11.5 Å². The van der Waals surface area contributed by atoms with E-state index in [9.17, 15) is 4.79 Å². The first-order valence-corrected chi connectivity index (χ1v) is 4.69. The van der Waals surface area contributed by atoms with Crippen LogP contribution in [0.2, 0.25) is 0 Å². The van der Waals surface area contributed by atoms with Gasteiger partial charge in [0.15, 0.2) is 11.5 Å². The molecular weight excluding hydrogens is 220 g/mol. The van der Waals surface area contributed by atoms with Gasteiger partial charge in [0.25, 0.3) is 0 Å². The molecule has 0 aromatic carbocycles. The third-order valence-corrected chi connectivity index (χ3v) is 1.91. The number of hydrogen-bond acceptors (Lipinski definition) is 4. The van der Waals surface area contributed by atoms with Crippen molar-refractivity contribution in [3.05, 3.63) is 24.5 Å². The molecule has 0 aliphatic rings. The third kappa shape index (κ3) is 2.19. The van der Waals surface area contributed by atoms with Crippen LogP contribution in [0.25, 0.3) is 11.5 Å². The van der Waals surface area contributed by atoms with Gasteiger partial charge < -0.3 is 8.94 Å². The lowest BCUT2D eigenvalue weighted by Gasteiger charge is -1.93. The predicted molar refractivity (Wildman–Crippen MR) is 53.6 cm³/mol. The van der Waals surface area contributed by atoms with Gasteiger partial charge in [-0.1, -0.05) is 5.16 Å². The second-order valence-corrected chi connectivity index (χ2v) is 3.00. The van der Waals surface area contributed by atoms with Gasteiger partial charge >= 0.3 is 0 Å². The fourth-order valence-electron chi connectivity index (χ4n) is 1.05. The van der Waals surface area contributed by atoms with Gasteiger partial charge in [-0.15, -0.1) is 11.6 Å². The number of alkyl halides is 1. The zero-order valence-electron chi connectivity index (χ0n) is 7.57. The van der Waals surface area contributed by atoms with Gasteiger partial charge in [0, 0.05) is 6.07 Å². The van der Waals surface area contributed by atoms with Gasteiger partial charge in [-0.05, 0) is 12.1 Å². The van der Waals surface area contributed by atoms with E-state index >= 15 is 0 Å². The Balaban J connectivity index is 2.14. The van der Waals surface area contributed by atoms with Crippen molar-refractivity contribution in [3.8, 4) is 11.5 Å². The lowest BCUT2D eigenvalue weighted by atomic mass is 10.3. The molecule has 2 aromatic rings. The van der Waals surface area contributed by atoms with Gasteiger partial charge in [0.2, 0.25) is 11.8 Å². The molecule has 0 fully saturated rings. The summed E-state index contributed by atoms with van der Waals surface area (Å²) >= 11 is 5.32. The molecule has 2 heterocycles. The van der Waals surface area contributed by atoms with Crippen LogP contribution in [-0.4, -0.2) is 16.9 Å². The standard InChI is InChI=1S/C9H7ClN2O3/c10-5-8(13)11-9-4-6(12-15-9)7-2-1-3-14-7/h1-4H,5H2,(H,11,13). The fourth-order valence-corrected chi connectivity index (χ4v) is 1.11. The van der Waals surface area contributed by atoms with Gasteiger partial charge in [0.05, 0.1) is 6.26 Å². The maximum Gasteiger partial charge on any atom is 0.241 e. The Bertz CT molecular complexity index is 450. The van der Waals surface area contributed by atoms with E-state index in [1.807, 2.05) is 0 Å². The monoisotopic (exact) mass is 226 g/mol. The Kier molecular flexibility index (Phi) is 2.73. The number of nitrogens with one attached hydrogen (secondary N) is 1. The summed E-state index contributed by atoms with van der Waals surface area (Å²) in [5.41, 5.74) is 0.518. The van der Waals surface area contributed by atoms with Crippen molar-refractivity contribution in [1.82, 2.24) is 5.16 Å². The van der Waals surface area contributed by atoms with Crippen molar-refractivity contribution in [2.24, 2.45) is 0 Å². The molecule has 78 valence electrons. The average molecular weight is 227 g/mol. The zero-order valence-corrected chi connectivity index (χ0v) is 8.32. The molecule has 0 saturated heterocycles. The summed E-state index contributed by atoms with van der Waals surface area (Å²) < 4.78 is 9.96.